The highest BCUT2D eigenvalue weighted by Gasteiger charge is 2.18. The first-order chi connectivity index (χ1) is 13.6. The molecule has 0 aliphatic carbocycles. The second kappa shape index (κ2) is 8.17. The molecule has 140 valence electrons. The number of aryl methyl sites for hydroxylation is 1. The Bertz CT molecular complexity index is 1110. The number of hydrogen-bond acceptors (Lipinski definition) is 3. The van der Waals surface area contributed by atoms with Crippen LogP contribution in [0.1, 0.15) is 11.1 Å². The van der Waals surface area contributed by atoms with E-state index >= 15 is 0 Å². The molecule has 1 aromatic heterocycles. The lowest BCUT2D eigenvalue weighted by Crippen LogP contribution is -2.00. The van der Waals surface area contributed by atoms with Crippen LogP contribution in [0, 0.1) is 12.7 Å². The molecule has 1 heterocycles. The quantitative estimate of drug-likeness (QED) is 0.361. The van der Waals surface area contributed by atoms with Gasteiger partial charge in [-0.15, -0.1) is 10.2 Å². The summed E-state index contributed by atoms with van der Waals surface area (Å²) in [4.78, 5) is 0. The summed E-state index contributed by atoms with van der Waals surface area (Å²) in [5.41, 5.74) is 3.53. The van der Waals surface area contributed by atoms with Crippen molar-refractivity contribution in [3.63, 3.8) is 0 Å². The molecule has 0 saturated heterocycles. The SMILES string of the molecule is Cc1ccc(-n2c(SCc3ccccc3F)nnc2-c2ccccc2Cl)cc1. The van der Waals surface area contributed by atoms with E-state index in [-0.39, 0.29) is 5.82 Å². The van der Waals surface area contributed by atoms with Crippen molar-refractivity contribution in [1.29, 1.82) is 0 Å². The summed E-state index contributed by atoms with van der Waals surface area (Å²) in [5.74, 6) is 0.896. The van der Waals surface area contributed by atoms with E-state index in [4.69, 9.17) is 11.6 Å². The highest BCUT2D eigenvalue weighted by atomic mass is 35.5. The first kappa shape index (κ1) is 18.7. The zero-order valence-corrected chi connectivity index (χ0v) is 16.7. The van der Waals surface area contributed by atoms with E-state index in [0.29, 0.717) is 27.3 Å². The van der Waals surface area contributed by atoms with Crippen molar-refractivity contribution < 1.29 is 4.39 Å². The molecule has 3 aromatic carbocycles. The predicted octanol–water partition coefficient (Wildman–Crippen LogP) is 6.33. The molecule has 3 nitrogen and oxygen atoms in total. The predicted molar refractivity (Wildman–Crippen MR) is 113 cm³/mol. The lowest BCUT2D eigenvalue weighted by Gasteiger charge is -2.11. The molecule has 0 fully saturated rings. The fourth-order valence-electron chi connectivity index (χ4n) is 2.86. The minimum atomic E-state index is -0.220. The van der Waals surface area contributed by atoms with E-state index in [2.05, 4.69) is 10.2 Å². The average molecular weight is 410 g/mol. The Morgan fingerprint density at radius 2 is 1.64 bits per heavy atom. The van der Waals surface area contributed by atoms with Gasteiger partial charge in [-0.3, -0.25) is 4.57 Å². The lowest BCUT2D eigenvalue weighted by atomic mass is 10.2. The summed E-state index contributed by atoms with van der Waals surface area (Å²) >= 11 is 7.85. The fraction of sp³-hybridized carbons (Fsp3) is 0.0909. The molecule has 0 N–H and O–H groups in total. The first-order valence-electron chi connectivity index (χ1n) is 8.77. The van der Waals surface area contributed by atoms with Gasteiger partial charge in [-0.05, 0) is 42.8 Å². The van der Waals surface area contributed by atoms with E-state index in [0.717, 1.165) is 16.8 Å². The van der Waals surface area contributed by atoms with Crippen molar-refractivity contribution in [1.82, 2.24) is 14.8 Å². The van der Waals surface area contributed by atoms with Crippen molar-refractivity contribution in [2.24, 2.45) is 0 Å². The van der Waals surface area contributed by atoms with E-state index in [1.54, 1.807) is 12.1 Å². The van der Waals surface area contributed by atoms with Gasteiger partial charge in [0, 0.05) is 17.0 Å². The summed E-state index contributed by atoms with van der Waals surface area (Å²) in [5, 5.41) is 10.1. The number of nitrogens with zero attached hydrogens (tertiary/aromatic N) is 3. The maximum Gasteiger partial charge on any atom is 0.196 e. The zero-order chi connectivity index (χ0) is 19.5. The first-order valence-corrected chi connectivity index (χ1v) is 10.1. The third-order valence-corrected chi connectivity index (χ3v) is 5.66. The van der Waals surface area contributed by atoms with Crippen LogP contribution in [-0.4, -0.2) is 14.8 Å². The molecule has 0 atom stereocenters. The molecule has 0 bridgehead atoms. The summed E-state index contributed by atoms with van der Waals surface area (Å²) < 4.78 is 16.0. The van der Waals surface area contributed by atoms with Crippen molar-refractivity contribution in [2.75, 3.05) is 0 Å². The summed E-state index contributed by atoms with van der Waals surface area (Å²) in [7, 11) is 0. The topological polar surface area (TPSA) is 30.7 Å². The smallest absolute Gasteiger partial charge is 0.196 e. The molecule has 0 unspecified atom stereocenters. The Morgan fingerprint density at radius 1 is 0.929 bits per heavy atom. The molecule has 0 aliphatic rings. The Balaban J connectivity index is 1.77. The Hall–Kier alpha value is -2.63. The monoisotopic (exact) mass is 409 g/mol. The summed E-state index contributed by atoms with van der Waals surface area (Å²) in [6.45, 7) is 2.04. The van der Waals surface area contributed by atoms with Crippen LogP contribution in [0.3, 0.4) is 0 Å². The molecule has 0 radical (unpaired) electrons. The summed E-state index contributed by atoms with van der Waals surface area (Å²) in [6, 6.07) is 22.4. The third kappa shape index (κ3) is 3.81. The van der Waals surface area contributed by atoms with Crippen LogP contribution in [0.15, 0.2) is 78.0 Å². The second-order valence-corrected chi connectivity index (χ2v) is 7.69. The van der Waals surface area contributed by atoms with Gasteiger partial charge in [-0.2, -0.15) is 0 Å². The Morgan fingerprint density at radius 3 is 2.39 bits per heavy atom. The van der Waals surface area contributed by atoms with Gasteiger partial charge in [0.1, 0.15) is 5.82 Å². The summed E-state index contributed by atoms with van der Waals surface area (Å²) in [6.07, 6.45) is 0. The third-order valence-electron chi connectivity index (χ3n) is 4.35. The van der Waals surface area contributed by atoms with E-state index in [9.17, 15) is 4.39 Å². The molecular weight excluding hydrogens is 393 g/mol. The maximum atomic E-state index is 14.0. The van der Waals surface area contributed by atoms with Gasteiger partial charge in [-0.1, -0.05) is 71.4 Å². The minimum Gasteiger partial charge on any atom is -0.270 e. The molecule has 0 aliphatic heterocycles. The standard InChI is InChI=1S/C22H17ClFN3S/c1-15-10-12-17(13-11-15)27-21(18-7-3-4-8-19(18)23)25-26-22(27)28-14-16-6-2-5-9-20(16)24/h2-13H,14H2,1H3. The van der Waals surface area contributed by atoms with Crippen LogP contribution in [0.4, 0.5) is 4.39 Å². The molecule has 4 aromatic rings. The van der Waals surface area contributed by atoms with Crippen molar-refractivity contribution >= 4 is 23.4 Å². The molecule has 0 saturated carbocycles. The second-order valence-electron chi connectivity index (χ2n) is 6.34. The highest BCUT2D eigenvalue weighted by Crippen LogP contribution is 2.33. The van der Waals surface area contributed by atoms with E-state index < -0.39 is 0 Å². The van der Waals surface area contributed by atoms with Gasteiger partial charge in [0.2, 0.25) is 0 Å². The van der Waals surface area contributed by atoms with Crippen LogP contribution in [0.2, 0.25) is 5.02 Å². The van der Waals surface area contributed by atoms with Gasteiger partial charge in [0.25, 0.3) is 0 Å². The Labute approximate surface area is 172 Å². The van der Waals surface area contributed by atoms with Crippen LogP contribution in [0.5, 0.6) is 0 Å². The van der Waals surface area contributed by atoms with Gasteiger partial charge in [0.15, 0.2) is 11.0 Å². The number of hydrogen-bond donors (Lipinski definition) is 0. The molecule has 0 spiro atoms. The number of aromatic nitrogens is 3. The zero-order valence-electron chi connectivity index (χ0n) is 15.1. The highest BCUT2D eigenvalue weighted by molar-refractivity contribution is 7.98. The largest absolute Gasteiger partial charge is 0.270 e. The average Bonchev–Trinajstić information content (AvgIpc) is 3.12. The van der Waals surface area contributed by atoms with E-state index in [1.165, 1.54) is 17.8 Å². The van der Waals surface area contributed by atoms with Gasteiger partial charge in [-0.25, -0.2) is 4.39 Å². The van der Waals surface area contributed by atoms with Gasteiger partial charge < -0.3 is 0 Å². The van der Waals surface area contributed by atoms with E-state index in [1.807, 2.05) is 66.1 Å². The van der Waals surface area contributed by atoms with Crippen LogP contribution < -0.4 is 0 Å². The molecule has 4 rings (SSSR count). The van der Waals surface area contributed by atoms with Gasteiger partial charge in [0.05, 0.1) is 5.02 Å². The number of rotatable bonds is 5. The van der Waals surface area contributed by atoms with Crippen molar-refractivity contribution in [2.45, 2.75) is 17.8 Å². The Kier molecular flexibility index (Phi) is 5.46. The van der Waals surface area contributed by atoms with Crippen LogP contribution in [-0.2, 0) is 5.75 Å². The molecule has 0 amide bonds. The molecule has 6 heteroatoms. The number of thioether (sulfide) groups is 1. The minimum absolute atomic E-state index is 0.220. The fourth-order valence-corrected chi connectivity index (χ4v) is 4.02. The normalized spacial score (nSPS) is 11.0. The van der Waals surface area contributed by atoms with Crippen LogP contribution >= 0.6 is 23.4 Å². The molecular formula is C22H17ClFN3S. The van der Waals surface area contributed by atoms with Crippen LogP contribution in [0.25, 0.3) is 17.1 Å². The molecule has 28 heavy (non-hydrogen) atoms. The maximum absolute atomic E-state index is 14.0. The van der Waals surface area contributed by atoms with Crippen molar-refractivity contribution in [3.8, 4) is 17.1 Å². The van der Waals surface area contributed by atoms with Crippen molar-refractivity contribution in [3.05, 3.63) is 94.8 Å². The number of benzene rings is 3. The number of halogens is 2. The van der Waals surface area contributed by atoms with Gasteiger partial charge >= 0.3 is 0 Å². The lowest BCUT2D eigenvalue weighted by molar-refractivity contribution is 0.617.